The predicted octanol–water partition coefficient (Wildman–Crippen LogP) is 3.99. The third-order valence-corrected chi connectivity index (χ3v) is 8.16. The summed E-state index contributed by atoms with van der Waals surface area (Å²) in [6.07, 6.45) is 8.89. The summed E-state index contributed by atoms with van der Waals surface area (Å²) >= 11 is 0. The maximum Gasteiger partial charge on any atom is 0 e. The fraction of sp³-hybridized carbons (Fsp3) is 0.909. The van der Waals surface area contributed by atoms with Crippen molar-refractivity contribution in [3.63, 3.8) is 0 Å². The van der Waals surface area contributed by atoms with Gasteiger partial charge < -0.3 is 0 Å². The Bertz CT molecular complexity index is 111. The Morgan fingerprint density at radius 2 is 0.933 bits per heavy atom. The van der Waals surface area contributed by atoms with E-state index in [4.69, 9.17) is 4.65 Å². The molecule has 0 bridgehead atoms. The van der Waals surface area contributed by atoms with Crippen molar-refractivity contribution in [2.75, 3.05) is 37.0 Å². The van der Waals surface area contributed by atoms with Crippen LogP contribution in [0.15, 0.2) is 0 Å². The summed E-state index contributed by atoms with van der Waals surface area (Å²) in [5.41, 5.74) is 0. The van der Waals surface area contributed by atoms with E-state index in [-0.39, 0.29) is 17.4 Å². The zero-order chi connectivity index (χ0) is 11.4. The molecule has 0 unspecified atom stereocenters. The minimum Gasteiger partial charge on any atom is 0 e. The molecule has 0 heterocycles. The van der Waals surface area contributed by atoms with Crippen LogP contribution in [0, 0.1) is 6.65 Å². The Kier molecular flexibility index (Phi) is 25.0. The molecule has 0 aliphatic carbocycles. The molecule has 0 rings (SSSR count). The van der Waals surface area contributed by atoms with Gasteiger partial charge in [-0.2, -0.15) is 0 Å². The summed E-state index contributed by atoms with van der Waals surface area (Å²) < 4.78 is 7.50. The Labute approximate surface area is 109 Å². The van der Waals surface area contributed by atoms with Crippen LogP contribution >= 0.6 is 15.8 Å². The molecule has 0 aromatic heterocycles. The average molecular weight is 286 g/mol. The predicted molar refractivity (Wildman–Crippen MR) is 69.7 cm³/mol. The average Bonchev–Trinajstić information content (AvgIpc) is 2.28. The van der Waals surface area contributed by atoms with Crippen molar-refractivity contribution >= 4 is 15.8 Å². The first-order chi connectivity index (χ1) is 6.78. The standard InChI is InChI=1S/C10H24P2.CO.Cr/c1-5-11(6-2)9-10-12(7-3)8-4;1-2;/h5-10H2,1-4H3;;. The molecule has 0 spiro atoms. The zero-order valence-electron chi connectivity index (χ0n) is 10.5. The third kappa shape index (κ3) is 13.1. The van der Waals surface area contributed by atoms with E-state index in [1.54, 1.807) is 12.3 Å². The molecule has 15 heavy (non-hydrogen) atoms. The maximum atomic E-state index is 7.50. The normalized spacial score (nSPS) is 9.33. The van der Waals surface area contributed by atoms with E-state index >= 15 is 0 Å². The van der Waals surface area contributed by atoms with E-state index in [1.807, 2.05) is 0 Å². The minimum atomic E-state index is 0. The Morgan fingerprint density at radius 3 is 1.07 bits per heavy atom. The summed E-state index contributed by atoms with van der Waals surface area (Å²) in [7, 11) is 0.832. The van der Waals surface area contributed by atoms with Gasteiger partial charge in [0.25, 0.3) is 0 Å². The van der Waals surface area contributed by atoms with Gasteiger partial charge in [0.05, 0.1) is 0 Å². The molecule has 4 heteroatoms. The van der Waals surface area contributed by atoms with Crippen molar-refractivity contribution < 1.29 is 22.0 Å². The van der Waals surface area contributed by atoms with Gasteiger partial charge in [-0.25, -0.2) is 0 Å². The summed E-state index contributed by atoms with van der Waals surface area (Å²) in [5, 5.41) is 0. The SMILES string of the molecule is CCP(CC)CCP(CC)CC.[C-]#[O+].[Cr]. The number of hydrogen-bond donors (Lipinski definition) is 0. The maximum absolute atomic E-state index is 7.50. The zero-order valence-corrected chi connectivity index (χ0v) is 13.5. The van der Waals surface area contributed by atoms with Gasteiger partial charge >= 0.3 is 11.3 Å². The largest absolute Gasteiger partial charge is 0 e. The number of rotatable bonds is 7. The monoisotopic (exact) mass is 286 g/mol. The van der Waals surface area contributed by atoms with Crippen LogP contribution in [0.3, 0.4) is 0 Å². The van der Waals surface area contributed by atoms with Crippen LogP contribution in [0.1, 0.15) is 27.7 Å². The van der Waals surface area contributed by atoms with Crippen molar-refractivity contribution in [2.45, 2.75) is 27.7 Å². The second kappa shape index (κ2) is 17.5. The Balaban J connectivity index is -0.000000449. The van der Waals surface area contributed by atoms with E-state index in [2.05, 4.69) is 34.3 Å². The second-order valence-electron chi connectivity index (χ2n) is 3.05. The van der Waals surface area contributed by atoms with E-state index in [0.717, 1.165) is 0 Å². The van der Waals surface area contributed by atoms with Crippen molar-refractivity contribution in [2.24, 2.45) is 0 Å². The molecule has 0 atom stereocenters. The molecular weight excluding hydrogens is 262 g/mol. The van der Waals surface area contributed by atoms with Gasteiger partial charge in [-0.15, -0.1) is 15.8 Å². The van der Waals surface area contributed by atoms with Crippen LogP contribution < -0.4 is 0 Å². The molecule has 0 amide bonds. The molecular formula is C11H24CrOP2. The van der Waals surface area contributed by atoms with Gasteiger partial charge in [0, 0.05) is 17.4 Å². The van der Waals surface area contributed by atoms with Crippen LogP contribution in [-0.2, 0) is 22.0 Å². The molecule has 1 nitrogen and oxygen atoms in total. The molecule has 0 aliphatic heterocycles. The quantitative estimate of drug-likeness (QED) is 0.383. The minimum absolute atomic E-state index is 0. The smallest absolute Gasteiger partial charge is 0 e. The second-order valence-corrected chi connectivity index (χ2v) is 9.16. The first kappa shape index (κ1) is 21.4. The summed E-state index contributed by atoms with van der Waals surface area (Å²) in [6.45, 7) is 13.9. The van der Waals surface area contributed by atoms with Gasteiger partial charge in [0.15, 0.2) is 0 Å². The Morgan fingerprint density at radius 1 is 0.733 bits per heavy atom. The van der Waals surface area contributed by atoms with Crippen molar-refractivity contribution in [1.82, 2.24) is 0 Å². The summed E-state index contributed by atoms with van der Waals surface area (Å²) in [5.74, 6) is 0. The van der Waals surface area contributed by atoms with E-state index in [1.165, 1.54) is 24.6 Å². The molecule has 0 aliphatic rings. The molecule has 0 saturated carbocycles. The van der Waals surface area contributed by atoms with Gasteiger partial charge in [-0.3, -0.25) is 0 Å². The van der Waals surface area contributed by atoms with Crippen molar-refractivity contribution in [1.29, 1.82) is 0 Å². The van der Waals surface area contributed by atoms with Crippen LogP contribution in [0.2, 0.25) is 0 Å². The van der Waals surface area contributed by atoms with Crippen LogP contribution in [0.25, 0.3) is 0 Å². The molecule has 0 N–H and O–H groups in total. The van der Waals surface area contributed by atoms with Gasteiger partial charge in [-0.1, -0.05) is 27.7 Å². The van der Waals surface area contributed by atoms with Gasteiger partial charge in [0.2, 0.25) is 0 Å². The molecule has 0 aromatic rings. The fourth-order valence-corrected chi connectivity index (χ4v) is 5.78. The van der Waals surface area contributed by atoms with Crippen molar-refractivity contribution in [3.8, 4) is 0 Å². The first-order valence-corrected chi connectivity index (χ1v) is 9.22. The molecule has 0 saturated heterocycles. The van der Waals surface area contributed by atoms with E-state index < -0.39 is 0 Å². The van der Waals surface area contributed by atoms with Crippen LogP contribution in [0.4, 0.5) is 0 Å². The van der Waals surface area contributed by atoms with E-state index in [9.17, 15) is 0 Å². The summed E-state index contributed by atoms with van der Waals surface area (Å²) in [4.78, 5) is 0. The molecule has 0 fully saturated rings. The van der Waals surface area contributed by atoms with Gasteiger partial charge in [0.1, 0.15) is 0 Å². The van der Waals surface area contributed by atoms with E-state index in [0.29, 0.717) is 15.8 Å². The first-order valence-electron chi connectivity index (χ1n) is 5.43. The fourth-order valence-electron chi connectivity index (χ4n) is 1.36. The summed E-state index contributed by atoms with van der Waals surface area (Å²) in [6, 6.07) is 0. The third-order valence-electron chi connectivity index (χ3n) is 2.52. The molecule has 0 radical (unpaired) electrons. The van der Waals surface area contributed by atoms with Crippen LogP contribution in [-0.4, -0.2) is 37.0 Å². The molecule has 90 valence electrons. The van der Waals surface area contributed by atoms with Crippen LogP contribution in [0.5, 0.6) is 0 Å². The number of hydrogen-bond acceptors (Lipinski definition) is 0. The Hall–Kier alpha value is 1.13. The molecule has 0 aromatic carbocycles. The van der Waals surface area contributed by atoms with Crippen molar-refractivity contribution in [3.05, 3.63) is 6.65 Å². The topological polar surface area (TPSA) is 19.9 Å². The van der Waals surface area contributed by atoms with Gasteiger partial charge in [-0.05, 0) is 37.0 Å².